The van der Waals surface area contributed by atoms with E-state index >= 15 is 0 Å². The number of nitriles is 1. The Hall–Kier alpha value is -2.06. The molecular formula is C11H13N3O2. The molecule has 1 aromatic rings. The highest BCUT2D eigenvalue weighted by atomic mass is 16.7. The SMILES string of the molecule is CON(C)C(=O)CNc1ccc(C#N)cc1. The van der Waals surface area contributed by atoms with Crippen molar-refractivity contribution in [3.63, 3.8) is 0 Å². The first kappa shape index (κ1) is 12.0. The third-order valence-corrected chi connectivity index (χ3v) is 2.08. The maximum absolute atomic E-state index is 11.4. The third kappa shape index (κ3) is 3.26. The molecule has 0 unspecified atom stereocenters. The topological polar surface area (TPSA) is 65.4 Å². The lowest BCUT2D eigenvalue weighted by Gasteiger charge is -2.14. The monoisotopic (exact) mass is 219 g/mol. The quantitative estimate of drug-likeness (QED) is 0.767. The van der Waals surface area contributed by atoms with Crippen molar-refractivity contribution in [1.29, 1.82) is 5.26 Å². The van der Waals surface area contributed by atoms with Gasteiger partial charge in [-0.3, -0.25) is 9.63 Å². The van der Waals surface area contributed by atoms with E-state index in [-0.39, 0.29) is 12.5 Å². The summed E-state index contributed by atoms with van der Waals surface area (Å²) in [5.74, 6) is -0.174. The Morgan fingerprint density at radius 2 is 2.12 bits per heavy atom. The minimum atomic E-state index is -0.174. The first-order valence-electron chi connectivity index (χ1n) is 4.72. The minimum Gasteiger partial charge on any atom is -0.376 e. The molecule has 0 bridgehead atoms. The summed E-state index contributed by atoms with van der Waals surface area (Å²) in [6.45, 7) is 0.149. The van der Waals surface area contributed by atoms with Crippen LogP contribution in [0.2, 0.25) is 0 Å². The zero-order valence-electron chi connectivity index (χ0n) is 9.23. The van der Waals surface area contributed by atoms with Gasteiger partial charge >= 0.3 is 0 Å². The summed E-state index contributed by atoms with van der Waals surface area (Å²) in [6.07, 6.45) is 0. The highest BCUT2D eigenvalue weighted by Crippen LogP contribution is 2.08. The molecule has 1 rings (SSSR count). The van der Waals surface area contributed by atoms with E-state index in [1.54, 1.807) is 31.3 Å². The number of rotatable bonds is 4. The van der Waals surface area contributed by atoms with Crippen molar-refractivity contribution in [2.45, 2.75) is 0 Å². The van der Waals surface area contributed by atoms with Gasteiger partial charge in [0, 0.05) is 12.7 Å². The lowest BCUT2D eigenvalue weighted by molar-refractivity contribution is -0.166. The molecule has 16 heavy (non-hydrogen) atoms. The fraction of sp³-hybridized carbons (Fsp3) is 0.273. The molecule has 0 aliphatic heterocycles. The average molecular weight is 219 g/mol. The van der Waals surface area contributed by atoms with Gasteiger partial charge in [-0.15, -0.1) is 0 Å². The number of benzene rings is 1. The van der Waals surface area contributed by atoms with Gasteiger partial charge in [0.2, 0.25) is 0 Å². The van der Waals surface area contributed by atoms with Crippen LogP contribution in [0.3, 0.4) is 0 Å². The summed E-state index contributed by atoms with van der Waals surface area (Å²) in [4.78, 5) is 16.1. The molecule has 0 atom stereocenters. The summed E-state index contributed by atoms with van der Waals surface area (Å²) in [7, 11) is 2.97. The Morgan fingerprint density at radius 1 is 1.50 bits per heavy atom. The molecule has 0 saturated carbocycles. The Bertz CT molecular complexity index is 395. The summed E-state index contributed by atoms with van der Waals surface area (Å²) in [6, 6.07) is 8.90. The van der Waals surface area contributed by atoms with Gasteiger partial charge in [0.05, 0.1) is 25.3 Å². The van der Waals surface area contributed by atoms with E-state index in [9.17, 15) is 4.79 Å². The maximum atomic E-state index is 11.4. The predicted molar refractivity (Wildman–Crippen MR) is 59.4 cm³/mol. The number of carbonyl (C=O) groups excluding carboxylic acids is 1. The molecule has 0 saturated heterocycles. The normalized spacial score (nSPS) is 9.31. The molecule has 0 spiro atoms. The van der Waals surface area contributed by atoms with Crippen LogP contribution >= 0.6 is 0 Å². The number of amides is 1. The summed E-state index contributed by atoms with van der Waals surface area (Å²) < 4.78 is 0. The summed E-state index contributed by atoms with van der Waals surface area (Å²) in [5, 5.41) is 12.7. The molecule has 5 heteroatoms. The van der Waals surface area contributed by atoms with Gasteiger partial charge in [-0.25, -0.2) is 5.06 Å². The second kappa shape index (κ2) is 5.73. The Kier molecular flexibility index (Phi) is 4.30. The van der Waals surface area contributed by atoms with E-state index in [1.165, 1.54) is 7.11 Å². The molecule has 0 aliphatic carbocycles. The zero-order chi connectivity index (χ0) is 12.0. The first-order valence-corrected chi connectivity index (χ1v) is 4.72. The van der Waals surface area contributed by atoms with Crippen molar-refractivity contribution in [2.24, 2.45) is 0 Å². The molecule has 1 aromatic carbocycles. The van der Waals surface area contributed by atoms with Crippen LogP contribution in [0.25, 0.3) is 0 Å². The second-order valence-corrected chi connectivity index (χ2v) is 3.12. The Labute approximate surface area is 94.2 Å². The van der Waals surface area contributed by atoms with Gasteiger partial charge in [0.25, 0.3) is 5.91 Å². The van der Waals surface area contributed by atoms with Gasteiger partial charge in [-0.2, -0.15) is 5.26 Å². The molecule has 0 radical (unpaired) electrons. The predicted octanol–water partition coefficient (Wildman–Crippen LogP) is 0.990. The number of likely N-dealkylation sites (N-methyl/N-ethyl adjacent to an activating group) is 1. The average Bonchev–Trinajstić information content (AvgIpc) is 2.35. The van der Waals surface area contributed by atoms with Crippen LogP contribution in [0, 0.1) is 11.3 Å². The standard InChI is InChI=1S/C11H13N3O2/c1-14(16-2)11(15)8-13-10-5-3-9(7-12)4-6-10/h3-6,13H,8H2,1-2H3. The molecule has 0 aromatic heterocycles. The van der Waals surface area contributed by atoms with E-state index in [0.29, 0.717) is 5.56 Å². The summed E-state index contributed by atoms with van der Waals surface area (Å²) in [5.41, 5.74) is 1.38. The van der Waals surface area contributed by atoms with Crippen LogP contribution in [-0.4, -0.2) is 31.7 Å². The first-order chi connectivity index (χ1) is 7.67. The molecule has 1 amide bonds. The van der Waals surface area contributed by atoms with E-state index in [2.05, 4.69) is 5.32 Å². The van der Waals surface area contributed by atoms with E-state index in [1.807, 2.05) is 6.07 Å². The van der Waals surface area contributed by atoms with Crippen LogP contribution in [0.5, 0.6) is 0 Å². The highest BCUT2D eigenvalue weighted by molar-refractivity contribution is 5.79. The van der Waals surface area contributed by atoms with Crippen molar-refractivity contribution in [1.82, 2.24) is 5.06 Å². The lowest BCUT2D eigenvalue weighted by atomic mass is 10.2. The maximum Gasteiger partial charge on any atom is 0.265 e. The second-order valence-electron chi connectivity index (χ2n) is 3.12. The number of carbonyl (C=O) groups is 1. The van der Waals surface area contributed by atoms with Crippen molar-refractivity contribution in [2.75, 3.05) is 26.0 Å². The third-order valence-electron chi connectivity index (χ3n) is 2.08. The fourth-order valence-electron chi connectivity index (χ4n) is 1.05. The number of nitrogens with one attached hydrogen (secondary N) is 1. The summed E-state index contributed by atoms with van der Waals surface area (Å²) >= 11 is 0. The Balaban J connectivity index is 2.49. The van der Waals surface area contributed by atoms with E-state index in [4.69, 9.17) is 10.1 Å². The van der Waals surface area contributed by atoms with Crippen molar-refractivity contribution in [3.05, 3.63) is 29.8 Å². The fourth-order valence-corrected chi connectivity index (χ4v) is 1.05. The van der Waals surface area contributed by atoms with Gasteiger partial charge in [-0.1, -0.05) is 0 Å². The Morgan fingerprint density at radius 3 is 2.62 bits per heavy atom. The van der Waals surface area contributed by atoms with Gasteiger partial charge in [0.1, 0.15) is 0 Å². The number of hydrogen-bond acceptors (Lipinski definition) is 4. The number of anilines is 1. The van der Waals surface area contributed by atoms with Crippen molar-refractivity contribution < 1.29 is 9.63 Å². The number of hydroxylamine groups is 2. The van der Waals surface area contributed by atoms with Gasteiger partial charge < -0.3 is 5.32 Å². The van der Waals surface area contributed by atoms with Crippen molar-refractivity contribution >= 4 is 11.6 Å². The van der Waals surface area contributed by atoms with Crippen LogP contribution in [-0.2, 0) is 9.63 Å². The molecule has 0 fully saturated rings. The molecule has 84 valence electrons. The molecule has 5 nitrogen and oxygen atoms in total. The number of nitrogens with zero attached hydrogens (tertiary/aromatic N) is 2. The lowest BCUT2D eigenvalue weighted by Crippen LogP contribution is -2.31. The molecule has 0 heterocycles. The van der Waals surface area contributed by atoms with Crippen LogP contribution < -0.4 is 5.32 Å². The molecule has 0 aliphatic rings. The zero-order valence-corrected chi connectivity index (χ0v) is 9.23. The van der Waals surface area contributed by atoms with Crippen LogP contribution in [0.1, 0.15) is 5.56 Å². The van der Waals surface area contributed by atoms with Gasteiger partial charge in [-0.05, 0) is 24.3 Å². The minimum absolute atomic E-state index is 0.149. The van der Waals surface area contributed by atoms with E-state index in [0.717, 1.165) is 10.8 Å². The molecule has 1 N–H and O–H groups in total. The van der Waals surface area contributed by atoms with Crippen LogP contribution in [0.4, 0.5) is 5.69 Å². The highest BCUT2D eigenvalue weighted by Gasteiger charge is 2.06. The number of hydrogen-bond donors (Lipinski definition) is 1. The smallest absolute Gasteiger partial charge is 0.265 e. The van der Waals surface area contributed by atoms with Crippen LogP contribution in [0.15, 0.2) is 24.3 Å². The van der Waals surface area contributed by atoms with Gasteiger partial charge in [0.15, 0.2) is 0 Å². The largest absolute Gasteiger partial charge is 0.376 e. The van der Waals surface area contributed by atoms with Crippen molar-refractivity contribution in [3.8, 4) is 6.07 Å². The van der Waals surface area contributed by atoms with E-state index < -0.39 is 0 Å². The molecular weight excluding hydrogens is 206 g/mol.